The van der Waals surface area contributed by atoms with Crippen LogP contribution in [0.25, 0.3) is 16.8 Å². The van der Waals surface area contributed by atoms with Crippen molar-refractivity contribution in [2.45, 2.75) is 38.1 Å². The van der Waals surface area contributed by atoms with E-state index in [1.54, 1.807) is 6.20 Å². The Kier molecular flexibility index (Phi) is 3.44. The van der Waals surface area contributed by atoms with E-state index < -0.39 is 10.2 Å². The van der Waals surface area contributed by atoms with Gasteiger partial charge in [-0.25, -0.2) is 15.1 Å². The Hall–Kier alpha value is -1.97. The van der Waals surface area contributed by atoms with Crippen molar-refractivity contribution < 1.29 is 8.42 Å². The van der Waals surface area contributed by atoms with Crippen molar-refractivity contribution >= 4 is 27.0 Å². The molecule has 5 rings (SSSR count). The summed E-state index contributed by atoms with van der Waals surface area (Å²) in [6.07, 6.45) is 8.49. The Morgan fingerprint density at radius 3 is 2.85 bits per heavy atom. The molecule has 138 valence electrons. The Labute approximate surface area is 151 Å². The molecule has 0 bridgehead atoms. The quantitative estimate of drug-likeness (QED) is 0.726. The second kappa shape index (κ2) is 5.51. The van der Waals surface area contributed by atoms with Crippen LogP contribution in [0, 0.1) is 11.8 Å². The third-order valence-corrected chi connectivity index (χ3v) is 7.36. The standard InChI is InChI=1S/C17H22N6O2S/c1-10-6-11(13-3-5-22(13)26(18,24)25)7-12(10)15-8-20-16-9-21-17-14(23(15)16)2-4-19-17/h2,4,8-13,19H,3,5-7H2,1H3,(H2,18,24,25)/t10-,11+,12+,13?/m1/s1. The molecule has 2 fully saturated rings. The molecular weight excluding hydrogens is 352 g/mol. The molecule has 26 heavy (non-hydrogen) atoms. The van der Waals surface area contributed by atoms with Gasteiger partial charge in [0.2, 0.25) is 0 Å². The zero-order valence-corrected chi connectivity index (χ0v) is 15.4. The average molecular weight is 374 g/mol. The summed E-state index contributed by atoms with van der Waals surface area (Å²) in [6.45, 7) is 2.80. The minimum absolute atomic E-state index is 0.0468. The van der Waals surface area contributed by atoms with E-state index >= 15 is 0 Å². The predicted molar refractivity (Wildman–Crippen MR) is 97.7 cm³/mol. The Bertz CT molecular complexity index is 1090. The molecule has 0 radical (unpaired) electrons. The van der Waals surface area contributed by atoms with Crippen LogP contribution in [-0.4, -0.2) is 44.7 Å². The van der Waals surface area contributed by atoms with Crippen LogP contribution in [0.4, 0.5) is 0 Å². The highest BCUT2D eigenvalue weighted by atomic mass is 32.2. The molecule has 1 aliphatic heterocycles. The maximum absolute atomic E-state index is 11.7. The first-order valence-corrected chi connectivity index (χ1v) is 10.5. The number of H-pyrrole nitrogens is 1. The minimum Gasteiger partial charge on any atom is -0.345 e. The van der Waals surface area contributed by atoms with Crippen LogP contribution in [0.2, 0.25) is 0 Å². The van der Waals surface area contributed by atoms with Gasteiger partial charge in [0.25, 0.3) is 10.2 Å². The lowest BCUT2D eigenvalue weighted by Crippen LogP contribution is -2.56. The molecule has 3 N–H and O–H groups in total. The van der Waals surface area contributed by atoms with E-state index in [9.17, 15) is 8.42 Å². The van der Waals surface area contributed by atoms with E-state index in [4.69, 9.17) is 5.14 Å². The molecule has 2 aliphatic rings. The van der Waals surface area contributed by atoms with Gasteiger partial charge < -0.3 is 4.98 Å². The summed E-state index contributed by atoms with van der Waals surface area (Å²) in [7, 11) is -3.59. The Morgan fingerprint density at radius 2 is 2.12 bits per heavy atom. The fourth-order valence-electron chi connectivity index (χ4n) is 4.95. The van der Waals surface area contributed by atoms with Crippen molar-refractivity contribution in [1.29, 1.82) is 0 Å². The fourth-order valence-corrected chi connectivity index (χ4v) is 5.96. The number of aromatic nitrogens is 4. The molecule has 1 saturated heterocycles. The molecule has 0 aromatic carbocycles. The Morgan fingerprint density at radius 1 is 1.27 bits per heavy atom. The lowest BCUT2D eigenvalue weighted by Gasteiger charge is -2.42. The normalized spacial score (nSPS) is 30.2. The molecule has 3 aromatic heterocycles. The van der Waals surface area contributed by atoms with Crippen molar-refractivity contribution in [2.75, 3.05) is 6.54 Å². The fraction of sp³-hybridized carbons (Fsp3) is 0.529. The predicted octanol–water partition coefficient (Wildman–Crippen LogP) is 1.62. The van der Waals surface area contributed by atoms with Crippen LogP contribution in [0.5, 0.6) is 0 Å². The van der Waals surface area contributed by atoms with Crippen LogP contribution in [0.3, 0.4) is 0 Å². The summed E-state index contributed by atoms with van der Waals surface area (Å²) in [6, 6.07) is 2.07. The molecule has 9 heteroatoms. The van der Waals surface area contributed by atoms with Gasteiger partial charge in [-0.2, -0.15) is 12.7 Å². The van der Waals surface area contributed by atoms with Gasteiger partial charge in [-0.15, -0.1) is 0 Å². The van der Waals surface area contributed by atoms with E-state index in [1.165, 1.54) is 10.00 Å². The zero-order valence-electron chi connectivity index (χ0n) is 14.5. The lowest BCUT2D eigenvalue weighted by atomic mass is 9.89. The number of hydrogen-bond donors (Lipinski definition) is 2. The highest BCUT2D eigenvalue weighted by Crippen LogP contribution is 2.47. The summed E-state index contributed by atoms with van der Waals surface area (Å²) < 4.78 is 27.1. The monoisotopic (exact) mass is 374 g/mol. The van der Waals surface area contributed by atoms with Gasteiger partial charge in [-0.05, 0) is 37.2 Å². The van der Waals surface area contributed by atoms with Gasteiger partial charge in [0.15, 0.2) is 11.3 Å². The number of nitrogens with zero attached hydrogens (tertiary/aromatic N) is 4. The van der Waals surface area contributed by atoms with E-state index in [2.05, 4.69) is 26.3 Å². The summed E-state index contributed by atoms with van der Waals surface area (Å²) in [5, 5.41) is 5.36. The topological polar surface area (TPSA) is 109 Å². The first kappa shape index (κ1) is 16.2. The summed E-state index contributed by atoms with van der Waals surface area (Å²) >= 11 is 0. The molecule has 4 atom stereocenters. The second-order valence-corrected chi connectivity index (χ2v) is 9.17. The first-order valence-electron chi connectivity index (χ1n) is 9.02. The zero-order chi connectivity index (χ0) is 18.1. The number of imidazole rings is 1. The van der Waals surface area contributed by atoms with Crippen molar-refractivity contribution in [3.63, 3.8) is 0 Å². The van der Waals surface area contributed by atoms with Crippen LogP contribution in [0.1, 0.15) is 37.8 Å². The van der Waals surface area contributed by atoms with Crippen molar-refractivity contribution in [3.05, 3.63) is 30.4 Å². The van der Waals surface area contributed by atoms with Gasteiger partial charge in [-0.3, -0.25) is 4.40 Å². The third-order valence-electron chi connectivity index (χ3n) is 6.25. The average Bonchev–Trinajstić information content (AvgIpc) is 3.20. The summed E-state index contributed by atoms with van der Waals surface area (Å²) in [5.41, 5.74) is 3.90. The molecule has 0 amide bonds. The first-order chi connectivity index (χ1) is 12.4. The number of rotatable bonds is 3. The molecule has 8 nitrogen and oxygen atoms in total. The number of hydrogen-bond acceptors (Lipinski definition) is 4. The third kappa shape index (κ3) is 2.30. The molecule has 0 spiro atoms. The van der Waals surface area contributed by atoms with Crippen molar-refractivity contribution in [1.82, 2.24) is 23.7 Å². The van der Waals surface area contributed by atoms with Gasteiger partial charge in [-0.1, -0.05) is 6.92 Å². The smallest absolute Gasteiger partial charge is 0.277 e. The summed E-state index contributed by atoms with van der Waals surface area (Å²) in [5.74, 6) is 1.15. The maximum atomic E-state index is 11.7. The number of fused-ring (bicyclic) bond motifs is 3. The van der Waals surface area contributed by atoms with Crippen molar-refractivity contribution in [3.8, 4) is 0 Å². The highest BCUT2D eigenvalue weighted by molar-refractivity contribution is 7.86. The van der Waals surface area contributed by atoms with Gasteiger partial charge in [0, 0.05) is 36.6 Å². The van der Waals surface area contributed by atoms with Crippen LogP contribution >= 0.6 is 0 Å². The van der Waals surface area contributed by atoms with Crippen molar-refractivity contribution in [2.24, 2.45) is 17.0 Å². The van der Waals surface area contributed by atoms with Crippen LogP contribution < -0.4 is 5.14 Å². The lowest BCUT2D eigenvalue weighted by molar-refractivity contribution is 0.133. The maximum Gasteiger partial charge on any atom is 0.277 e. The van der Waals surface area contributed by atoms with E-state index in [1.807, 2.05) is 18.5 Å². The molecule has 3 aromatic rings. The summed E-state index contributed by atoms with van der Waals surface area (Å²) in [4.78, 5) is 12.1. The molecule has 1 unspecified atom stereocenters. The number of nitrogens with two attached hydrogens (primary N) is 1. The van der Waals surface area contributed by atoms with Gasteiger partial charge in [0.1, 0.15) is 0 Å². The van der Waals surface area contributed by atoms with Gasteiger partial charge >= 0.3 is 0 Å². The molecule has 1 saturated carbocycles. The van der Waals surface area contributed by atoms with Crippen LogP contribution in [-0.2, 0) is 10.2 Å². The minimum atomic E-state index is -3.59. The van der Waals surface area contributed by atoms with E-state index in [-0.39, 0.29) is 6.04 Å². The second-order valence-electron chi connectivity index (χ2n) is 7.67. The van der Waals surface area contributed by atoms with E-state index in [0.29, 0.717) is 24.3 Å². The van der Waals surface area contributed by atoms with Gasteiger partial charge in [0.05, 0.1) is 11.7 Å². The SMILES string of the molecule is C[C@@H]1C[C@H](C2CCN2S(N)(=O)=O)C[C@@H]1c1cnc2cnc3[nH]ccc3n12. The van der Waals surface area contributed by atoms with E-state index in [0.717, 1.165) is 36.1 Å². The Balaban J connectivity index is 1.50. The highest BCUT2D eigenvalue weighted by Gasteiger charge is 2.46. The van der Waals surface area contributed by atoms with Crippen LogP contribution in [0.15, 0.2) is 24.7 Å². The number of aromatic amines is 1. The molecule has 1 aliphatic carbocycles. The number of nitrogens with one attached hydrogen (secondary N) is 1. The molecule has 4 heterocycles. The molecular formula is C17H22N6O2S. The largest absolute Gasteiger partial charge is 0.345 e.